The summed E-state index contributed by atoms with van der Waals surface area (Å²) < 4.78 is 0. The monoisotopic (exact) mass is 308 g/mol. The lowest BCUT2D eigenvalue weighted by molar-refractivity contribution is -0.118. The molecule has 1 aromatic rings. The lowest BCUT2D eigenvalue weighted by Crippen LogP contribution is -2.43. The Labute approximate surface area is 123 Å². The molecule has 0 bridgehead atoms. The van der Waals surface area contributed by atoms with E-state index in [4.69, 9.17) is 23.2 Å². The van der Waals surface area contributed by atoms with Crippen molar-refractivity contribution >= 4 is 47.2 Å². The van der Waals surface area contributed by atoms with Gasteiger partial charge in [-0.1, -0.05) is 29.6 Å². The molecule has 1 amide bonds. The standard InChI is InChI=1S/C12H14Cl2N2O.ClH/c13-9-5-4-8(7-10(9)14)16-12(17)11-3-1-2-6-15-11;/h4-5,7,11,15H,1-3,6H2,(H,16,17);1H/t11-;/m0./s1. The van der Waals surface area contributed by atoms with Gasteiger partial charge in [-0.05, 0) is 37.6 Å². The lowest BCUT2D eigenvalue weighted by Gasteiger charge is -2.22. The number of carbonyl (C=O) groups is 1. The van der Waals surface area contributed by atoms with Crippen molar-refractivity contribution in [3.8, 4) is 0 Å². The first-order valence-electron chi connectivity index (χ1n) is 5.66. The number of anilines is 1. The van der Waals surface area contributed by atoms with E-state index in [2.05, 4.69) is 10.6 Å². The van der Waals surface area contributed by atoms with Crippen LogP contribution in [-0.2, 0) is 4.79 Å². The summed E-state index contributed by atoms with van der Waals surface area (Å²) in [5, 5.41) is 6.96. The van der Waals surface area contributed by atoms with Crippen molar-refractivity contribution in [2.24, 2.45) is 0 Å². The number of carbonyl (C=O) groups excluding carboxylic acids is 1. The maximum atomic E-state index is 11.9. The predicted octanol–water partition coefficient (Wildman–Crippen LogP) is 3.50. The van der Waals surface area contributed by atoms with Crippen LogP contribution in [0.5, 0.6) is 0 Å². The van der Waals surface area contributed by atoms with Gasteiger partial charge >= 0.3 is 0 Å². The molecule has 0 spiro atoms. The third-order valence-corrected chi connectivity index (χ3v) is 3.55. The van der Waals surface area contributed by atoms with E-state index < -0.39 is 0 Å². The molecule has 1 aromatic carbocycles. The fourth-order valence-electron chi connectivity index (χ4n) is 1.88. The van der Waals surface area contributed by atoms with E-state index in [9.17, 15) is 4.79 Å². The van der Waals surface area contributed by atoms with Crippen LogP contribution in [-0.4, -0.2) is 18.5 Å². The molecule has 2 rings (SSSR count). The quantitative estimate of drug-likeness (QED) is 0.878. The summed E-state index contributed by atoms with van der Waals surface area (Å²) in [6, 6.07) is 4.98. The van der Waals surface area contributed by atoms with Crippen LogP contribution in [0.15, 0.2) is 18.2 Å². The molecular formula is C12H15Cl3N2O. The van der Waals surface area contributed by atoms with Gasteiger partial charge in [-0.3, -0.25) is 4.79 Å². The first kappa shape index (κ1) is 15.6. The molecular weight excluding hydrogens is 295 g/mol. The number of piperidine rings is 1. The fourth-order valence-corrected chi connectivity index (χ4v) is 2.18. The van der Waals surface area contributed by atoms with Crippen LogP contribution >= 0.6 is 35.6 Å². The molecule has 3 nitrogen and oxygen atoms in total. The number of amides is 1. The third kappa shape index (κ3) is 4.02. The van der Waals surface area contributed by atoms with Crippen LogP contribution in [0.3, 0.4) is 0 Å². The smallest absolute Gasteiger partial charge is 0.241 e. The molecule has 1 atom stereocenters. The van der Waals surface area contributed by atoms with Crippen molar-refractivity contribution in [2.75, 3.05) is 11.9 Å². The van der Waals surface area contributed by atoms with Gasteiger partial charge in [-0.25, -0.2) is 0 Å². The second-order valence-corrected chi connectivity index (χ2v) is 4.94. The molecule has 1 heterocycles. The zero-order valence-electron chi connectivity index (χ0n) is 9.71. The molecule has 100 valence electrons. The van der Waals surface area contributed by atoms with Crippen molar-refractivity contribution in [1.29, 1.82) is 0 Å². The van der Waals surface area contributed by atoms with Crippen LogP contribution in [0, 0.1) is 0 Å². The maximum absolute atomic E-state index is 11.9. The largest absolute Gasteiger partial charge is 0.325 e. The minimum Gasteiger partial charge on any atom is -0.325 e. The average Bonchev–Trinajstić information content (AvgIpc) is 2.35. The lowest BCUT2D eigenvalue weighted by atomic mass is 10.0. The Balaban J connectivity index is 0.00000162. The summed E-state index contributed by atoms with van der Waals surface area (Å²) >= 11 is 11.7. The fraction of sp³-hybridized carbons (Fsp3) is 0.417. The molecule has 18 heavy (non-hydrogen) atoms. The molecule has 0 radical (unpaired) electrons. The van der Waals surface area contributed by atoms with E-state index in [0.717, 1.165) is 25.8 Å². The van der Waals surface area contributed by atoms with Crippen LogP contribution in [0.1, 0.15) is 19.3 Å². The van der Waals surface area contributed by atoms with Crippen molar-refractivity contribution in [1.82, 2.24) is 5.32 Å². The van der Waals surface area contributed by atoms with Crippen molar-refractivity contribution in [3.05, 3.63) is 28.2 Å². The van der Waals surface area contributed by atoms with Gasteiger partial charge in [0.1, 0.15) is 0 Å². The summed E-state index contributed by atoms with van der Waals surface area (Å²) in [4.78, 5) is 11.9. The third-order valence-electron chi connectivity index (χ3n) is 2.81. The molecule has 1 saturated heterocycles. The Bertz CT molecular complexity index is 420. The number of benzene rings is 1. The SMILES string of the molecule is Cl.O=C(Nc1ccc(Cl)c(Cl)c1)[C@@H]1CCCCN1. The van der Waals surface area contributed by atoms with Crippen LogP contribution < -0.4 is 10.6 Å². The molecule has 1 aliphatic heterocycles. The molecule has 1 fully saturated rings. The van der Waals surface area contributed by atoms with Gasteiger partial charge in [0, 0.05) is 5.69 Å². The highest BCUT2D eigenvalue weighted by Crippen LogP contribution is 2.25. The number of nitrogens with one attached hydrogen (secondary N) is 2. The first-order valence-corrected chi connectivity index (χ1v) is 6.42. The topological polar surface area (TPSA) is 41.1 Å². The van der Waals surface area contributed by atoms with E-state index in [1.54, 1.807) is 18.2 Å². The number of hydrogen-bond acceptors (Lipinski definition) is 2. The summed E-state index contributed by atoms with van der Waals surface area (Å²) in [5.74, 6) is -0.0110. The molecule has 2 N–H and O–H groups in total. The highest BCUT2D eigenvalue weighted by Gasteiger charge is 2.20. The summed E-state index contributed by atoms with van der Waals surface area (Å²) in [6.07, 6.45) is 3.11. The van der Waals surface area contributed by atoms with E-state index in [0.29, 0.717) is 15.7 Å². The van der Waals surface area contributed by atoms with Gasteiger partial charge in [0.2, 0.25) is 5.91 Å². The molecule has 1 aliphatic rings. The van der Waals surface area contributed by atoms with Gasteiger partial charge in [-0.15, -0.1) is 12.4 Å². The van der Waals surface area contributed by atoms with Gasteiger partial charge in [-0.2, -0.15) is 0 Å². The average molecular weight is 310 g/mol. The maximum Gasteiger partial charge on any atom is 0.241 e. The van der Waals surface area contributed by atoms with E-state index >= 15 is 0 Å². The number of hydrogen-bond donors (Lipinski definition) is 2. The number of rotatable bonds is 2. The van der Waals surface area contributed by atoms with Crippen molar-refractivity contribution in [3.63, 3.8) is 0 Å². The van der Waals surface area contributed by atoms with Crippen LogP contribution in [0.2, 0.25) is 10.0 Å². The van der Waals surface area contributed by atoms with Gasteiger partial charge in [0.25, 0.3) is 0 Å². The molecule has 6 heteroatoms. The van der Waals surface area contributed by atoms with Crippen LogP contribution in [0.25, 0.3) is 0 Å². The van der Waals surface area contributed by atoms with E-state index in [1.165, 1.54) is 0 Å². The molecule has 0 aromatic heterocycles. The zero-order chi connectivity index (χ0) is 12.3. The minimum absolute atomic E-state index is 0. The van der Waals surface area contributed by atoms with Gasteiger partial charge in [0.15, 0.2) is 0 Å². The summed E-state index contributed by atoms with van der Waals surface area (Å²) in [6.45, 7) is 0.902. The predicted molar refractivity (Wildman–Crippen MR) is 78.0 cm³/mol. The van der Waals surface area contributed by atoms with E-state index in [1.807, 2.05) is 0 Å². The Kier molecular flexibility index (Phi) is 6.22. The van der Waals surface area contributed by atoms with Crippen molar-refractivity contribution in [2.45, 2.75) is 25.3 Å². The van der Waals surface area contributed by atoms with Crippen LogP contribution in [0.4, 0.5) is 5.69 Å². The summed E-state index contributed by atoms with van der Waals surface area (Å²) in [5.41, 5.74) is 0.678. The molecule has 0 aliphatic carbocycles. The van der Waals surface area contributed by atoms with Crippen molar-refractivity contribution < 1.29 is 4.79 Å². The second kappa shape index (κ2) is 7.19. The van der Waals surface area contributed by atoms with Gasteiger partial charge < -0.3 is 10.6 Å². The second-order valence-electron chi connectivity index (χ2n) is 4.12. The van der Waals surface area contributed by atoms with Gasteiger partial charge in [0.05, 0.1) is 16.1 Å². The minimum atomic E-state index is -0.0989. The first-order chi connectivity index (χ1) is 8.16. The highest BCUT2D eigenvalue weighted by atomic mass is 35.5. The number of halogens is 3. The highest BCUT2D eigenvalue weighted by molar-refractivity contribution is 6.42. The Morgan fingerprint density at radius 1 is 1.28 bits per heavy atom. The Morgan fingerprint density at radius 3 is 2.67 bits per heavy atom. The van der Waals surface area contributed by atoms with E-state index in [-0.39, 0.29) is 24.4 Å². The normalized spacial score (nSPS) is 18.9. The Hall–Kier alpha value is -0.480. The molecule has 0 saturated carbocycles. The zero-order valence-corrected chi connectivity index (χ0v) is 12.0. The Morgan fingerprint density at radius 2 is 2.06 bits per heavy atom. The molecule has 0 unspecified atom stereocenters. The summed E-state index contributed by atoms with van der Waals surface area (Å²) in [7, 11) is 0.